The number of carboxylic acid groups (broad SMARTS) is 1. The van der Waals surface area contributed by atoms with Crippen LogP contribution in [0.4, 0.5) is 0 Å². The fourth-order valence-corrected chi connectivity index (χ4v) is 2.28. The van der Waals surface area contributed by atoms with Crippen molar-refractivity contribution in [2.45, 2.75) is 27.7 Å². The molecule has 0 heterocycles. The summed E-state index contributed by atoms with van der Waals surface area (Å²) in [6, 6.07) is 0. The summed E-state index contributed by atoms with van der Waals surface area (Å²) in [7, 11) is 0. The summed E-state index contributed by atoms with van der Waals surface area (Å²) in [5, 5.41) is 11.8. The van der Waals surface area contributed by atoms with Crippen LogP contribution in [0.3, 0.4) is 0 Å². The minimum atomic E-state index is -1.06. The molecule has 0 radical (unpaired) electrons. The molecule has 0 aromatic heterocycles. The Balaban J connectivity index is 4.41. The molecule has 0 aromatic rings. The maximum Gasteiger partial charge on any atom is 0.316 e. The van der Waals surface area contributed by atoms with Crippen LogP contribution in [0, 0.1) is 17.3 Å². The highest BCUT2D eigenvalue weighted by Gasteiger charge is 2.37. The predicted molar refractivity (Wildman–Crippen MR) is 71.1 cm³/mol. The van der Waals surface area contributed by atoms with E-state index >= 15 is 0 Å². The van der Waals surface area contributed by atoms with E-state index in [1.54, 1.807) is 32.5 Å². The number of nitrogens with one attached hydrogen (secondary N) is 1. The number of amides is 1. The van der Waals surface area contributed by atoms with Crippen molar-refractivity contribution in [3.05, 3.63) is 0 Å². The van der Waals surface area contributed by atoms with Gasteiger partial charge in [0.05, 0.1) is 0 Å². The van der Waals surface area contributed by atoms with E-state index in [9.17, 15) is 9.59 Å². The van der Waals surface area contributed by atoms with Gasteiger partial charge in [-0.3, -0.25) is 9.59 Å². The quantitative estimate of drug-likeness (QED) is 0.716. The Morgan fingerprint density at radius 3 is 2.24 bits per heavy atom. The van der Waals surface area contributed by atoms with E-state index in [2.05, 4.69) is 5.32 Å². The number of hydrogen-bond donors (Lipinski definition) is 2. The molecular formula is C12H23NO3S. The van der Waals surface area contributed by atoms with Crippen LogP contribution in [0.2, 0.25) is 0 Å². The van der Waals surface area contributed by atoms with Gasteiger partial charge in [0, 0.05) is 6.54 Å². The zero-order valence-corrected chi connectivity index (χ0v) is 12.1. The predicted octanol–water partition coefficient (Wildman–Crippen LogP) is 1.85. The molecule has 4 nitrogen and oxygen atoms in total. The maximum atomic E-state index is 11.8. The van der Waals surface area contributed by atoms with Crippen LogP contribution in [0.5, 0.6) is 0 Å². The van der Waals surface area contributed by atoms with Gasteiger partial charge in [0.15, 0.2) is 0 Å². The topological polar surface area (TPSA) is 66.4 Å². The molecule has 100 valence electrons. The van der Waals surface area contributed by atoms with Crippen molar-refractivity contribution in [3.8, 4) is 0 Å². The van der Waals surface area contributed by atoms with Gasteiger partial charge in [-0.2, -0.15) is 11.8 Å². The van der Waals surface area contributed by atoms with E-state index in [-0.39, 0.29) is 0 Å². The number of thioether (sulfide) groups is 1. The smallest absolute Gasteiger partial charge is 0.316 e. The molecule has 1 amide bonds. The number of hydrogen-bond acceptors (Lipinski definition) is 3. The lowest BCUT2D eigenvalue weighted by molar-refractivity contribution is -0.151. The standard InChI is InChI=1S/C12H23NO3S/c1-8(7-17-5)6-13-10(14)9(11(15)16)12(2,3)4/h8-9H,6-7H2,1-5H3,(H,13,14)(H,15,16). The van der Waals surface area contributed by atoms with E-state index < -0.39 is 23.2 Å². The van der Waals surface area contributed by atoms with Gasteiger partial charge < -0.3 is 10.4 Å². The van der Waals surface area contributed by atoms with Gasteiger partial charge in [0.2, 0.25) is 5.91 Å². The molecule has 0 spiro atoms. The summed E-state index contributed by atoms with van der Waals surface area (Å²) in [6.45, 7) is 7.84. The van der Waals surface area contributed by atoms with Gasteiger partial charge in [-0.25, -0.2) is 0 Å². The highest BCUT2D eigenvalue weighted by Crippen LogP contribution is 2.26. The zero-order chi connectivity index (χ0) is 13.6. The van der Waals surface area contributed by atoms with Crippen LogP contribution in [0.15, 0.2) is 0 Å². The average Bonchev–Trinajstić information content (AvgIpc) is 2.12. The number of aliphatic carboxylic acids is 1. The second-order valence-corrected chi connectivity index (χ2v) is 6.35. The summed E-state index contributed by atoms with van der Waals surface area (Å²) in [6.07, 6.45) is 2.01. The first kappa shape index (κ1) is 16.3. The lowest BCUT2D eigenvalue weighted by Gasteiger charge is -2.26. The molecule has 0 aromatic carbocycles. The van der Waals surface area contributed by atoms with E-state index in [4.69, 9.17) is 5.11 Å². The number of carbonyl (C=O) groups excluding carboxylic acids is 1. The van der Waals surface area contributed by atoms with E-state index in [0.717, 1.165) is 5.75 Å². The normalized spacial score (nSPS) is 15.1. The Hall–Kier alpha value is -0.710. The third-order valence-electron chi connectivity index (χ3n) is 2.45. The maximum absolute atomic E-state index is 11.8. The van der Waals surface area contributed by atoms with Crippen molar-refractivity contribution in [2.75, 3.05) is 18.6 Å². The van der Waals surface area contributed by atoms with Gasteiger partial charge in [0.25, 0.3) is 0 Å². The number of carboxylic acids is 1. The Kier molecular flexibility index (Phi) is 6.60. The Labute approximate surface area is 108 Å². The molecule has 2 atom stereocenters. The minimum Gasteiger partial charge on any atom is -0.481 e. The van der Waals surface area contributed by atoms with Crippen LogP contribution in [-0.2, 0) is 9.59 Å². The molecule has 2 unspecified atom stereocenters. The van der Waals surface area contributed by atoms with Gasteiger partial charge >= 0.3 is 5.97 Å². The van der Waals surface area contributed by atoms with E-state index in [1.165, 1.54) is 0 Å². The Bertz CT molecular complexity index is 273. The lowest BCUT2D eigenvalue weighted by atomic mass is 9.80. The van der Waals surface area contributed by atoms with E-state index in [1.807, 2.05) is 13.2 Å². The van der Waals surface area contributed by atoms with Crippen LogP contribution in [0.25, 0.3) is 0 Å². The van der Waals surface area contributed by atoms with Crippen LogP contribution in [-0.4, -0.2) is 35.5 Å². The lowest BCUT2D eigenvalue weighted by Crippen LogP contribution is -2.44. The molecule has 2 N–H and O–H groups in total. The number of rotatable bonds is 6. The van der Waals surface area contributed by atoms with Gasteiger partial charge in [-0.05, 0) is 23.3 Å². The van der Waals surface area contributed by atoms with Crippen molar-refractivity contribution >= 4 is 23.6 Å². The fourth-order valence-electron chi connectivity index (χ4n) is 1.60. The molecule has 0 bridgehead atoms. The van der Waals surface area contributed by atoms with Gasteiger partial charge in [-0.1, -0.05) is 27.7 Å². The first-order valence-electron chi connectivity index (χ1n) is 5.69. The van der Waals surface area contributed by atoms with Crippen LogP contribution in [0.1, 0.15) is 27.7 Å². The average molecular weight is 261 g/mol. The van der Waals surface area contributed by atoms with Crippen LogP contribution >= 0.6 is 11.8 Å². The Morgan fingerprint density at radius 2 is 1.88 bits per heavy atom. The monoisotopic (exact) mass is 261 g/mol. The third kappa shape index (κ3) is 5.96. The SMILES string of the molecule is CSCC(C)CNC(=O)C(C(=O)O)C(C)(C)C. The van der Waals surface area contributed by atoms with Gasteiger partial charge in [-0.15, -0.1) is 0 Å². The zero-order valence-electron chi connectivity index (χ0n) is 11.2. The molecule has 0 saturated carbocycles. The second kappa shape index (κ2) is 6.89. The van der Waals surface area contributed by atoms with Crippen molar-refractivity contribution in [3.63, 3.8) is 0 Å². The van der Waals surface area contributed by atoms with Crippen molar-refractivity contribution in [1.29, 1.82) is 0 Å². The minimum absolute atomic E-state index is 0.350. The molecule has 0 aliphatic heterocycles. The first-order chi connectivity index (χ1) is 7.70. The van der Waals surface area contributed by atoms with Crippen LogP contribution < -0.4 is 5.32 Å². The first-order valence-corrected chi connectivity index (χ1v) is 7.09. The van der Waals surface area contributed by atoms with Crippen molar-refractivity contribution < 1.29 is 14.7 Å². The molecule has 5 heteroatoms. The molecule has 0 aliphatic carbocycles. The number of carbonyl (C=O) groups is 2. The summed E-state index contributed by atoms with van der Waals surface area (Å²) in [5.74, 6) is -1.15. The molecule has 0 aliphatic rings. The largest absolute Gasteiger partial charge is 0.481 e. The summed E-state index contributed by atoms with van der Waals surface area (Å²) in [4.78, 5) is 22.9. The fraction of sp³-hybridized carbons (Fsp3) is 0.833. The second-order valence-electron chi connectivity index (χ2n) is 5.44. The summed E-state index contributed by atoms with van der Waals surface area (Å²) >= 11 is 1.71. The highest BCUT2D eigenvalue weighted by molar-refractivity contribution is 7.98. The molecule has 0 rings (SSSR count). The Morgan fingerprint density at radius 1 is 1.35 bits per heavy atom. The molecule has 0 fully saturated rings. The highest BCUT2D eigenvalue weighted by atomic mass is 32.2. The third-order valence-corrected chi connectivity index (χ3v) is 3.35. The molecule has 0 saturated heterocycles. The molecule has 17 heavy (non-hydrogen) atoms. The summed E-state index contributed by atoms with van der Waals surface area (Å²) in [5.41, 5.74) is -0.571. The van der Waals surface area contributed by atoms with Crippen molar-refractivity contribution in [2.24, 2.45) is 17.3 Å². The van der Waals surface area contributed by atoms with Crippen molar-refractivity contribution in [1.82, 2.24) is 5.32 Å². The van der Waals surface area contributed by atoms with E-state index in [0.29, 0.717) is 12.5 Å². The summed E-state index contributed by atoms with van der Waals surface area (Å²) < 4.78 is 0. The van der Waals surface area contributed by atoms with Gasteiger partial charge in [0.1, 0.15) is 5.92 Å². The molecular weight excluding hydrogens is 238 g/mol.